The van der Waals surface area contributed by atoms with Gasteiger partial charge in [0.15, 0.2) is 0 Å². The van der Waals surface area contributed by atoms with Crippen molar-refractivity contribution in [2.24, 2.45) is 7.05 Å². The smallest absolute Gasteiger partial charge is 0.256 e. The molecule has 0 aliphatic rings. The number of aromatic nitrogens is 2. The first-order valence-corrected chi connectivity index (χ1v) is 10.00. The normalized spacial score (nSPS) is 10.4. The van der Waals surface area contributed by atoms with Gasteiger partial charge in [-0.3, -0.25) is 14.3 Å². The Balaban J connectivity index is 1.46. The lowest BCUT2D eigenvalue weighted by atomic mass is 10.1. The van der Waals surface area contributed by atoms with Gasteiger partial charge >= 0.3 is 0 Å². The fourth-order valence-electron chi connectivity index (χ4n) is 3.20. The van der Waals surface area contributed by atoms with Crippen LogP contribution in [-0.4, -0.2) is 28.7 Å². The SMILES string of the molecule is COc1cccc(C(=O)Nc2cc(-c3ccc(NC(=O)c4ccccc4)cc3)nn2C)c1. The number of methoxy groups -OCH3 is 1. The molecule has 32 heavy (non-hydrogen) atoms. The summed E-state index contributed by atoms with van der Waals surface area (Å²) in [5.74, 6) is 0.758. The monoisotopic (exact) mass is 426 g/mol. The number of nitrogens with zero attached hydrogens (tertiary/aromatic N) is 2. The Bertz CT molecular complexity index is 1250. The Morgan fingerprint density at radius 2 is 1.50 bits per heavy atom. The third kappa shape index (κ3) is 4.67. The summed E-state index contributed by atoms with van der Waals surface area (Å²) in [7, 11) is 3.32. The zero-order valence-electron chi connectivity index (χ0n) is 17.7. The maximum atomic E-state index is 12.6. The molecule has 2 amide bonds. The molecule has 0 aliphatic heterocycles. The summed E-state index contributed by atoms with van der Waals surface area (Å²) in [5, 5.41) is 10.2. The highest BCUT2D eigenvalue weighted by molar-refractivity contribution is 6.05. The molecule has 1 aromatic heterocycles. The van der Waals surface area contributed by atoms with Crippen LogP contribution in [0.1, 0.15) is 20.7 Å². The second-order valence-electron chi connectivity index (χ2n) is 7.12. The Labute approximate surface area is 185 Å². The van der Waals surface area contributed by atoms with E-state index < -0.39 is 0 Å². The maximum Gasteiger partial charge on any atom is 0.256 e. The van der Waals surface area contributed by atoms with Crippen molar-refractivity contribution in [2.45, 2.75) is 0 Å². The van der Waals surface area contributed by atoms with Gasteiger partial charge < -0.3 is 15.4 Å². The summed E-state index contributed by atoms with van der Waals surface area (Å²) in [5.41, 5.74) is 3.34. The fraction of sp³-hybridized carbons (Fsp3) is 0.0800. The van der Waals surface area contributed by atoms with Crippen molar-refractivity contribution in [1.29, 1.82) is 0 Å². The zero-order valence-corrected chi connectivity index (χ0v) is 17.7. The first-order valence-electron chi connectivity index (χ1n) is 10.00. The van der Waals surface area contributed by atoms with Crippen LogP contribution in [0, 0.1) is 0 Å². The van der Waals surface area contributed by atoms with E-state index >= 15 is 0 Å². The van der Waals surface area contributed by atoms with Crippen molar-refractivity contribution in [2.75, 3.05) is 17.7 Å². The van der Waals surface area contributed by atoms with Crippen LogP contribution in [0.25, 0.3) is 11.3 Å². The molecule has 1 heterocycles. The van der Waals surface area contributed by atoms with Crippen molar-refractivity contribution in [3.63, 3.8) is 0 Å². The summed E-state index contributed by atoms with van der Waals surface area (Å²) in [6.07, 6.45) is 0. The summed E-state index contributed by atoms with van der Waals surface area (Å²) in [6, 6.07) is 25.2. The Morgan fingerprint density at radius 1 is 0.812 bits per heavy atom. The van der Waals surface area contributed by atoms with Gasteiger partial charge in [0.05, 0.1) is 12.8 Å². The average Bonchev–Trinajstić information content (AvgIpc) is 3.20. The quantitative estimate of drug-likeness (QED) is 0.472. The predicted octanol–water partition coefficient (Wildman–Crippen LogP) is 4.60. The topological polar surface area (TPSA) is 85.2 Å². The van der Waals surface area contributed by atoms with E-state index in [0.717, 1.165) is 5.56 Å². The highest BCUT2D eigenvalue weighted by atomic mass is 16.5. The van der Waals surface area contributed by atoms with Crippen LogP contribution in [0.3, 0.4) is 0 Å². The molecule has 0 saturated heterocycles. The molecule has 7 nitrogen and oxygen atoms in total. The Morgan fingerprint density at radius 3 is 2.22 bits per heavy atom. The molecule has 2 N–H and O–H groups in total. The predicted molar refractivity (Wildman–Crippen MR) is 124 cm³/mol. The summed E-state index contributed by atoms with van der Waals surface area (Å²) >= 11 is 0. The second-order valence-corrected chi connectivity index (χ2v) is 7.12. The van der Waals surface area contributed by atoms with E-state index in [1.54, 1.807) is 61.3 Å². The van der Waals surface area contributed by atoms with Crippen LogP contribution >= 0.6 is 0 Å². The molecule has 0 unspecified atom stereocenters. The van der Waals surface area contributed by atoms with E-state index in [-0.39, 0.29) is 11.8 Å². The molecule has 4 rings (SSSR count). The molecule has 4 aromatic rings. The van der Waals surface area contributed by atoms with Gasteiger partial charge in [0.2, 0.25) is 0 Å². The van der Waals surface area contributed by atoms with E-state index in [4.69, 9.17) is 4.74 Å². The summed E-state index contributed by atoms with van der Waals surface area (Å²) in [6.45, 7) is 0. The largest absolute Gasteiger partial charge is 0.497 e. The number of ether oxygens (including phenoxy) is 1. The van der Waals surface area contributed by atoms with Crippen molar-refractivity contribution >= 4 is 23.3 Å². The van der Waals surface area contributed by atoms with Gasteiger partial charge in [-0.2, -0.15) is 5.10 Å². The van der Waals surface area contributed by atoms with Crippen LogP contribution in [0.2, 0.25) is 0 Å². The van der Waals surface area contributed by atoms with Gasteiger partial charge in [-0.05, 0) is 42.5 Å². The van der Waals surface area contributed by atoms with Crippen LogP contribution in [-0.2, 0) is 7.05 Å². The third-order valence-electron chi connectivity index (χ3n) is 4.93. The Kier molecular flexibility index (Phi) is 5.98. The van der Waals surface area contributed by atoms with Crippen molar-refractivity contribution in [3.8, 4) is 17.0 Å². The third-order valence-corrected chi connectivity index (χ3v) is 4.93. The lowest BCUT2D eigenvalue weighted by molar-refractivity contribution is 0.101. The van der Waals surface area contributed by atoms with Crippen molar-refractivity contribution in [3.05, 3.63) is 96.1 Å². The first kappa shape index (κ1) is 20.9. The number of carbonyl (C=O) groups is 2. The van der Waals surface area contributed by atoms with Gasteiger partial charge in [-0.25, -0.2) is 0 Å². The molecule has 0 radical (unpaired) electrons. The standard InChI is InChI=1S/C25H22N4O3/c1-29-23(27-25(31)19-9-6-10-21(15-19)32-2)16-22(28-29)17-11-13-20(14-12-17)26-24(30)18-7-4-3-5-8-18/h3-16H,1-2H3,(H,26,30)(H,27,31). The number of rotatable bonds is 6. The van der Waals surface area contributed by atoms with E-state index in [1.807, 2.05) is 42.5 Å². The van der Waals surface area contributed by atoms with Crippen LogP contribution in [0.15, 0.2) is 84.9 Å². The number of benzene rings is 3. The lowest BCUT2D eigenvalue weighted by Gasteiger charge is -2.06. The van der Waals surface area contributed by atoms with Crippen molar-refractivity contribution in [1.82, 2.24) is 9.78 Å². The molecule has 160 valence electrons. The molecule has 0 spiro atoms. The van der Waals surface area contributed by atoms with E-state index in [2.05, 4.69) is 15.7 Å². The number of hydrogen-bond acceptors (Lipinski definition) is 4. The van der Waals surface area contributed by atoms with Crippen LogP contribution in [0.5, 0.6) is 5.75 Å². The second kappa shape index (κ2) is 9.18. The van der Waals surface area contributed by atoms with E-state index in [1.165, 1.54) is 0 Å². The van der Waals surface area contributed by atoms with Crippen LogP contribution < -0.4 is 15.4 Å². The first-order chi connectivity index (χ1) is 15.5. The number of carbonyl (C=O) groups excluding carboxylic acids is 2. The van der Waals surface area contributed by atoms with Gasteiger partial charge in [-0.15, -0.1) is 0 Å². The molecule has 7 heteroatoms. The van der Waals surface area contributed by atoms with E-state index in [9.17, 15) is 9.59 Å². The number of amides is 2. The minimum atomic E-state index is -0.252. The van der Waals surface area contributed by atoms with Gasteiger partial charge in [0.1, 0.15) is 11.6 Å². The molecule has 3 aromatic carbocycles. The van der Waals surface area contributed by atoms with Gasteiger partial charge in [0, 0.05) is 35.5 Å². The minimum absolute atomic E-state index is 0.168. The molecule has 0 atom stereocenters. The number of aryl methyl sites for hydroxylation is 1. The van der Waals surface area contributed by atoms with E-state index in [0.29, 0.717) is 34.1 Å². The molecular formula is C25H22N4O3. The number of hydrogen-bond donors (Lipinski definition) is 2. The molecule has 0 bridgehead atoms. The summed E-state index contributed by atoms with van der Waals surface area (Å²) < 4.78 is 6.79. The lowest BCUT2D eigenvalue weighted by Crippen LogP contribution is -2.14. The molecular weight excluding hydrogens is 404 g/mol. The fourth-order valence-corrected chi connectivity index (χ4v) is 3.20. The average molecular weight is 426 g/mol. The Hall–Kier alpha value is -4.39. The maximum absolute atomic E-state index is 12.6. The highest BCUT2D eigenvalue weighted by Gasteiger charge is 2.13. The van der Waals surface area contributed by atoms with Crippen LogP contribution in [0.4, 0.5) is 11.5 Å². The highest BCUT2D eigenvalue weighted by Crippen LogP contribution is 2.24. The van der Waals surface area contributed by atoms with Gasteiger partial charge in [0.25, 0.3) is 11.8 Å². The number of anilines is 2. The van der Waals surface area contributed by atoms with Crippen molar-refractivity contribution < 1.29 is 14.3 Å². The molecule has 0 fully saturated rings. The van der Waals surface area contributed by atoms with Gasteiger partial charge in [-0.1, -0.05) is 36.4 Å². The number of nitrogens with one attached hydrogen (secondary N) is 2. The zero-order chi connectivity index (χ0) is 22.5. The summed E-state index contributed by atoms with van der Waals surface area (Å²) in [4.78, 5) is 24.9. The molecule has 0 saturated carbocycles. The molecule has 0 aliphatic carbocycles. The minimum Gasteiger partial charge on any atom is -0.497 e.